The van der Waals surface area contributed by atoms with Gasteiger partial charge >= 0.3 is 0 Å². The van der Waals surface area contributed by atoms with Gasteiger partial charge in [-0.05, 0) is 19.1 Å². The van der Waals surface area contributed by atoms with E-state index in [2.05, 4.69) is 15.6 Å². The monoisotopic (exact) mass is 279 g/mol. The van der Waals surface area contributed by atoms with Gasteiger partial charge in [0.05, 0.1) is 17.5 Å². The molecule has 0 aliphatic rings. The summed E-state index contributed by atoms with van der Waals surface area (Å²) in [4.78, 5) is 27.7. The molecule has 6 nitrogen and oxygen atoms in total. The smallest absolute Gasteiger partial charge is 0.287 e. The average molecular weight is 279 g/mol. The predicted molar refractivity (Wildman–Crippen MR) is 70.2 cm³/mol. The molecule has 0 aromatic carbocycles. The Morgan fingerprint density at radius 1 is 1.32 bits per heavy atom. The van der Waals surface area contributed by atoms with E-state index in [-0.39, 0.29) is 17.6 Å². The molecule has 2 rings (SSSR count). The molecule has 2 aromatic rings. The summed E-state index contributed by atoms with van der Waals surface area (Å²) >= 11 is 1.33. The normalized spacial score (nSPS) is 10.2. The molecule has 2 aromatic heterocycles. The fourth-order valence-electron chi connectivity index (χ4n) is 1.40. The van der Waals surface area contributed by atoms with E-state index in [1.807, 2.05) is 6.92 Å². The number of carbonyl (C=O) groups excluding carboxylic acids is 2. The Labute approximate surface area is 113 Å². The summed E-state index contributed by atoms with van der Waals surface area (Å²) in [7, 11) is 0. The Bertz CT molecular complexity index is 563. The highest BCUT2D eigenvalue weighted by atomic mass is 32.1. The summed E-state index contributed by atoms with van der Waals surface area (Å²) in [6.07, 6.45) is 2.97. The molecule has 0 atom stereocenters. The molecule has 0 radical (unpaired) electrons. The van der Waals surface area contributed by atoms with Crippen molar-refractivity contribution in [3.63, 3.8) is 0 Å². The van der Waals surface area contributed by atoms with Crippen molar-refractivity contribution in [1.29, 1.82) is 0 Å². The van der Waals surface area contributed by atoms with Crippen LogP contribution in [0.25, 0.3) is 0 Å². The van der Waals surface area contributed by atoms with Gasteiger partial charge in [0.15, 0.2) is 5.76 Å². The standard InChI is InChI=1S/C12H13N3O3S/c1-8-15-7-10(19-8)12(17)14-5-4-13-11(16)9-3-2-6-18-9/h2-3,6-7H,4-5H2,1H3,(H,13,16)(H,14,17). The average Bonchev–Trinajstić information content (AvgIpc) is 3.04. The van der Waals surface area contributed by atoms with Gasteiger partial charge < -0.3 is 15.1 Å². The maximum atomic E-state index is 11.7. The number of hydrogen-bond donors (Lipinski definition) is 2. The number of rotatable bonds is 5. The van der Waals surface area contributed by atoms with Crippen LogP contribution in [-0.2, 0) is 0 Å². The molecular formula is C12H13N3O3S. The topological polar surface area (TPSA) is 84.2 Å². The van der Waals surface area contributed by atoms with Gasteiger partial charge in [0.1, 0.15) is 4.88 Å². The van der Waals surface area contributed by atoms with Gasteiger partial charge in [-0.1, -0.05) is 0 Å². The lowest BCUT2D eigenvalue weighted by Crippen LogP contribution is -2.34. The SMILES string of the molecule is Cc1ncc(C(=O)NCCNC(=O)c2ccco2)s1. The quantitative estimate of drug-likeness (QED) is 0.806. The van der Waals surface area contributed by atoms with Crippen molar-refractivity contribution in [1.82, 2.24) is 15.6 Å². The van der Waals surface area contributed by atoms with Crippen LogP contribution in [0, 0.1) is 6.92 Å². The van der Waals surface area contributed by atoms with Gasteiger partial charge in [0, 0.05) is 13.1 Å². The van der Waals surface area contributed by atoms with E-state index in [9.17, 15) is 9.59 Å². The molecule has 0 aliphatic carbocycles. The summed E-state index contributed by atoms with van der Waals surface area (Å²) in [6, 6.07) is 3.22. The summed E-state index contributed by atoms with van der Waals surface area (Å²) in [5.74, 6) is -0.227. The van der Waals surface area contributed by atoms with E-state index in [0.29, 0.717) is 18.0 Å². The van der Waals surface area contributed by atoms with E-state index in [4.69, 9.17) is 4.42 Å². The fourth-order valence-corrected chi connectivity index (χ4v) is 2.09. The van der Waals surface area contributed by atoms with Crippen molar-refractivity contribution in [2.75, 3.05) is 13.1 Å². The van der Waals surface area contributed by atoms with Gasteiger partial charge in [0.2, 0.25) is 0 Å². The van der Waals surface area contributed by atoms with Crippen molar-refractivity contribution in [2.24, 2.45) is 0 Å². The molecule has 0 spiro atoms. The molecule has 2 amide bonds. The van der Waals surface area contributed by atoms with E-state index >= 15 is 0 Å². The number of nitrogens with one attached hydrogen (secondary N) is 2. The minimum Gasteiger partial charge on any atom is -0.459 e. The third kappa shape index (κ3) is 3.65. The van der Waals surface area contributed by atoms with Gasteiger partial charge in [-0.2, -0.15) is 0 Å². The highest BCUT2D eigenvalue weighted by molar-refractivity contribution is 7.13. The second-order valence-electron chi connectivity index (χ2n) is 3.73. The van der Waals surface area contributed by atoms with Gasteiger partial charge in [0.25, 0.3) is 11.8 Å². The van der Waals surface area contributed by atoms with Crippen LogP contribution in [0.5, 0.6) is 0 Å². The molecule has 0 saturated heterocycles. The maximum Gasteiger partial charge on any atom is 0.287 e. The number of aromatic nitrogens is 1. The molecule has 7 heteroatoms. The fraction of sp³-hybridized carbons (Fsp3) is 0.250. The predicted octanol–water partition coefficient (Wildman–Crippen LogP) is 1.20. The first kappa shape index (κ1) is 13.3. The third-order valence-corrected chi connectivity index (χ3v) is 3.20. The largest absolute Gasteiger partial charge is 0.459 e. The molecule has 100 valence electrons. The number of carbonyl (C=O) groups is 2. The Kier molecular flexibility index (Phi) is 4.30. The van der Waals surface area contributed by atoms with Crippen LogP contribution in [0.3, 0.4) is 0 Å². The Morgan fingerprint density at radius 3 is 2.63 bits per heavy atom. The molecule has 2 N–H and O–H groups in total. The summed E-state index contributed by atoms with van der Waals surface area (Å²) in [5, 5.41) is 6.18. The van der Waals surface area contributed by atoms with E-state index in [1.165, 1.54) is 23.8 Å². The Hall–Kier alpha value is -2.15. The number of hydrogen-bond acceptors (Lipinski definition) is 5. The maximum absolute atomic E-state index is 11.7. The van der Waals surface area contributed by atoms with Crippen LogP contribution in [0.1, 0.15) is 25.2 Å². The van der Waals surface area contributed by atoms with E-state index < -0.39 is 0 Å². The molecule has 2 heterocycles. The second kappa shape index (κ2) is 6.14. The molecule has 0 fully saturated rings. The van der Waals surface area contributed by atoms with Crippen molar-refractivity contribution < 1.29 is 14.0 Å². The van der Waals surface area contributed by atoms with Crippen LogP contribution < -0.4 is 10.6 Å². The number of thiazole rings is 1. The van der Waals surface area contributed by atoms with E-state index in [0.717, 1.165) is 5.01 Å². The lowest BCUT2D eigenvalue weighted by Gasteiger charge is -2.04. The molecular weight excluding hydrogens is 266 g/mol. The number of amides is 2. The first-order chi connectivity index (χ1) is 9.16. The Morgan fingerprint density at radius 2 is 2.05 bits per heavy atom. The van der Waals surface area contributed by atoms with Gasteiger partial charge in [-0.25, -0.2) is 4.98 Å². The summed E-state index contributed by atoms with van der Waals surface area (Å²) in [5.41, 5.74) is 0. The first-order valence-electron chi connectivity index (χ1n) is 5.69. The zero-order valence-electron chi connectivity index (χ0n) is 10.3. The minimum absolute atomic E-state index is 0.183. The van der Waals surface area contributed by atoms with Gasteiger partial charge in [-0.15, -0.1) is 11.3 Å². The highest BCUT2D eigenvalue weighted by Crippen LogP contribution is 2.10. The van der Waals surface area contributed by atoms with Crippen LogP contribution in [0.15, 0.2) is 29.0 Å². The zero-order chi connectivity index (χ0) is 13.7. The summed E-state index contributed by atoms with van der Waals surface area (Å²) in [6.45, 7) is 2.52. The lowest BCUT2D eigenvalue weighted by molar-refractivity contribution is 0.0911. The number of furan rings is 1. The van der Waals surface area contributed by atoms with Crippen molar-refractivity contribution >= 4 is 23.2 Å². The molecule has 0 aliphatic heterocycles. The van der Waals surface area contributed by atoms with Crippen molar-refractivity contribution in [3.8, 4) is 0 Å². The molecule has 0 bridgehead atoms. The van der Waals surface area contributed by atoms with E-state index in [1.54, 1.807) is 12.1 Å². The Balaban J connectivity index is 1.70. The zero-order valence-corrected chi connectivity index (χ0v) is 11.1. The van der Waals surface area contributed by atoms with Crippen LogP contribution in [-0.4, -0.2) is 29.9 Å². The second-order valence-corrected chi connectivity index (χ2v) is 4.97. The molecule has 0 saturated carbocycles. The number of nitrogens with zero attached hydrogens (tertiary/aromatic N) is 1. The van der Waals surface area contributed by atoms with Crippen molar-refractivity contribution in [3.05, 3.63) is 40.2 Å². The minimum atomic E-state index is -0.298. The van der Waals surface area contributed by atoms with Crippen LogP contribution in [0.4, 0.5) is 0 Å². The molecule has 19 heavy (non-hydrogen) atoms. The van der Waals surface area contributed by atoms with Crippen LogP contribution in [0.2, 0.25) is 0 Å². The molecule has 0 unspecified atom stereocenters. The highest BCUT2D eigenvalue weighted by Gasteiger charge is 2.09. The lowest BCUT2D eigenvalue weighted by atomic mass is 10.4. The third-order valence-electron chi connectivity index (χ3n) is 2.29. The summed E-state index contributed by atoms with van der Waals surface area (Å²) < 4.78 is 4.94. The van der Waals surface area contributed by atoms with Crippen molar-refractivity contribution in [2.45, 2.75) is 6.92 Å². The van der Waals surface area contributed by atoms with Gasteiger partial charge in [-0.3, -0.25) is 9.59 Å². The number of aryl methyl sites for hydroxylation is 1. The first-order valence-corrected chi connectivity index (χ1v) is 6.51. The van der Waals surface area contributed by atoms with Crippen LogP contribution >= 0.6 is 11.3 Å².